The molecule has 0 bridgehead atoms. The second-order valence-electron chi connectivity index (χ2n) is 2.83. The highest BCUT2D eigenvalue weighted by Crippen LogP contribution is 1.90. The van der Waals surface area contributed by atoms with Gasteiger partial charge in [-0.2, -0.15) is 4.91 Å². The summed E-state index contributed by atoms with van der Waals surface area (Å²) in [6.45, 7) is 4.93. The number of rotatable bonds is 7. The normalized spacial score (nSPS) is 9.06. The van der Waals surface area contributed by atoms with Gasteiger partial charge in [0.15, 0.2) is 0 Å². The molecule has 1 N–H and O–H groups in total. The lowest BCUT2D eigenvalue weighted by molar-refractivity contribution is -0.138. The number of hydrogen-bond acceptors (Lipinski definition) is 6. The van der Waals surface area contributed by atoms with Gasteiger partial charge >= 0.3 is 12.1 Å². The molecule has 0 fully saturated rings. The number of ether oxygens (including phenoxy) is 2. The van der Waals surface area contributed by atoms with Crippen molar-refractivity contribution in [2.24, 2.45) is 5.18 Å². The highest BCUT2D eigenvalue weighted by Gasteiger charge is 2.04. The van der Waals surface area contributed by atoms with Crippen molar-refractivity contribution in [3.8, 4) is 0 Å². The Hall–Kier alpha value is -1.92. The second kappa shape index (κ2) is 8.39. The van der Waals surface area contributed by atoms with Crippen LogP contribution in [0, 0.1) is 4.91 Å². The van der Waals surface area contributed by atoms with Gasteiger partial charge in [-0.15, -0.1) is 0 Å². The predicted molar refractivity (Wildman–Crippen MR) is 55.8 cm³/mol. The number of esters is 1. The number of alkyl carbamates (subject to hydrolysis) is 1. The van der Waals surface area contributed by atoms with Gasteiger partial charge in [-0.05, 0) is 6.92 Å². The summed E-state index contributed by atoms with van der Waals surface area (Å²) < 4.78 is 9.24. The van der Waals surface area contributed by atoms with Gasteiger partial charge in [-0.1, -0.05) is 11.8 Å². The maximum atomic E-state index is 10.9. The average Bonchev–Trinajstić information content (AvgIpc) is 2.24. The summed E-state index contributed by atoms with van der Waals surface area (Å²) in [6.07, 6.45) is -0.685. The predicted octanol–water partition coefficient (Wildman–Crippen LogP) is 0.598. The van der Waals surface area contributed by atoms with E-state index >= 15 is 0 Å². The fourth-order valence-corrected chi connectivity index (χ4v) is 0.647. The average molecular weight is 230 g/mol. The molecule has 16 heavy (non-hydrogen) atoms. The quantitative estimate of drug-likeness (QED) is 0.299. The Labute approximate surface area is 92.8 Å². The maximum Gasteiger partial charge on any atom is 0.407 e. The third-order valence-corrected chi connectivity index (χ3v) is 1.37. The van der Waals surface area contributed by atoms with E-state index < -0.39 is 12.1 Å². The van der Waals surface area contributed by atoms with Crippen molar-refractivity contribution in [2.75, 3.05) is 26.3 Å². The molecule has 0 spiro atoms. The van der Waals surface area contributed by atoms with Crippen LogP contribution < -0.4 is 5.32 Å². The van der Waals surface area contributed by atoms with Crippen LogP contribution in [0.3, 0.4) is 0 Å². The van der Waals surface area contributed by atoms with E-state index in [1.54, 1.807) is 0 Å². The van der Waals surface area contributed by atoms with E-state index in [9.17, 15) is 14.5 Å². The summed E-state index contributed by atoms with van der Waals surface area (Å²) in [5.74, 6) is -0.514. The summed E-state index contributed by atoms with van der Waals surface area (Å²) in [5.41, 5.74) is 0.291. The number of nitrogens with zero attached hydrogens (tertiary/aromatic N) is 1. The van der Waals surface area contributed by atoms with Gasteiger partial charge in [0.05, 0.1) is 6.54 Å². The minimum Gasteiger partial charge on any atom is -0.460 e. The molecular weight excluding hydrogens is 216 g/mol. The Morgan fingerprint density at radius 3 is 2.56 bits per heavy atom. The lowest BCUT2D eigenvalue weighted by atomic mass is 10.4. The Morgan fingerprint density at radius 2 is 2.00 bits per heavy atom. The molecule has 0 saturated carbocycles. The van der Waals surface area contributed by atoms with E-state index in [-0.39, 0.29) is 26.3 Å². The van der Waals surface area contributed by atoms with Crippen LogP contribution in [0.25, 0.3) is 0 Å². The van der Waals surface area contributed by atoms with E-state index in [2.05, 4.69) is 21.8 Å². The van der Waals surface area contributed by atoms with Crippen LogP contribution in [0.4, 0.5) is 4.79 Å². The lowest BCUT2D eigenvalue weighted by Crippen LogP contribution is -2.29. The van der Waals surface area contributed by atoms with Crippen LogP contribution in [0.5, 0.6) is 0 Å². The highest BCUT2D eigenvalue weighted by molar-refractivity contribution is 5.86. The van der Waals surface area contributed by atoms with Gasteiger partial charge < -0.3 is 14.8 Å². The van der Waals surface area contributed by atoms with Gasteiger partial charge in [0.1, 0.15) is 19.8 Å². The molecule has 0 rings (SSSR count). The molecule has 0 aliphatic rings. The van der Waals surface area contributed by atoms with Crippen LogP contribution in [0.15, 0.2) is 17.3 Å². The third-order valence-electron chi connectivity index (χ3n) is 1.37. The number of nitroso groups, excluding NO2 is 1. The summed E-state index contributed by atoms with van der Waals surface area (Å²) in [4.78, 5) is 31.4. The zero-order valence-corrected chi connectivity index (χ0v) is 9.02. The third kappa shape index (κ3) is 7.48. The molecule has 0 radical (unpaired) electrons. The van der Waals surface area contributed by atoms with Crippen LogP contribution in [-0.2, 0) is 14.3 Å². The molecule has 1 amide bonds. The van der Waals surface area contributed by atoms with E-state index in [4.69, 9.17) is 4.74 Å². The topological polar surface area (TPSA) is 94.1 Å². The Kier molecular flexibility index (Phi) is 7.39. The van der Waals surface area contributed by atoms with Gasteiger partial charge in [0.25, 0.3) is 0 Å². The van der Waals surface area contributed by atoms with E-state index in [0.717, 1.165) is 0 Å². The van der Waals surface area contributed by atoms with Crippen molar-refractivity contribution >= 4 is 12.1 Å². The molecule has 0 atom stereocenters. The van der Waals surface area contributed by atoms with Crippen molar-refractivity contribution in [3.63, 3.8) is 0 Å². The Bertz CT molecular complexity index is 277. The van der Waals surface area contributed by atoms with Crippen molar-refractivity contribution in [1.82, 2.24) is 5.32 Å². The molecule has 90 valence electrons. The molecule has 0 saturated heterocycles. The zero-order chi connectivity index (χ0) is 12.4. The van der Waals surface area contributed by atoms with Crippen LogP contribution in [0.1, 0.15) is 6.92 Å². The smallest absolute Gasteiger partial charge is 0.407 e. The Morgan fingerprint density at radius 1 is 1.31 bits per heavy atom. The molecule has 7 nitrogen and oxygen atoms in total. The van der Waals surface area contributed by atoms with Gasteiger partial charge in [-0.25, -0.2) is 9.59 Å². The van der Waals surface area contributed by atoms with Crippen molar-refractivity contribution in [3.05, 3.63) is 17.1 Å². The SMILES string of the molecule is C=C(C)C(=O)OCCNC(=O)OCCN=O. The number of hydrogen-bond donors (Lipinski definition) is 1. The number of carbonyl (C=O) groups excluding carboxylic acids is 2. The Balaban J connectivity index is 3.44. The van der Waals surface area contributed by atoms with Gasteiger partial charge in [0, 0.05) is 5.57 Å². The fourth-order valence-electron chi connectivity index (χ4n) is 0.647. The summed E-state index contributed by atoms with van der Waals surface area (Å²) in [6, 6.07) is 0. The molecule has 0 aliphatic carbocycles. The molecule has 0 unspecified atom stereocenters. The first kappa shape index (κ1) is 14.1. The number of nitrogens with one attached hydrogen (secondary N) is 1. The van der Waals surface area contributed by atoms with Crippen molar-refractivity contribution in [1.29, 1.82) is 0 Å². The molecule has 0 aromatic heterocycles. The van der Waals surface area contributed by atoms with E-state index in [1.165, 1.54) is 6.92 Å². The minimum atomic E-state index is -0.685. The van der Waals surface area contributed by atoms with E-state index in [1.807, 2.05) is 0 Å². The number of carbonyl (C=O) groups is 2. The van der Waals surface area contributed by atoms with Crippen LogP contribution in [0.2, 0.25) is 0 Å². The van der Waals surface area contributed by atoms with E-state index in [0.29, 0.717) is 5.57 Å². The largest absolute Gasteiger partial charge is 0.460 e. The molecule has 0 aromatic carbocycles. The standard InChI is InChI=1S/C9H14N2O5/c1-7(2)8(12)15-5-3-10-9(13)16-6-4-11-14/h1,3-6H2,2H3,(H,10,13). The lowest BCUT2D eigenvalue weighted by Gasteiger charge is -2.06. The molecule has 0 aromatic rings. The monoisotopic (exact) mass is 230 g/mol. The van der Waals surface area contributed by atoms with Gasteiger partial charge in [0.2, 0.25) is 0 Å². The molecular formula is C9H14N2O5. The summed E-state index contributed by atoms with van der Waals surface area (Å²) in [7, 11) is 0. The summed E-state index contributed by atoms with van der Waals surface area (Å²) in [5, 5.41) is 4.84. The zero-order valence-electron chi connectivity index (χ0n) is 9.02. The number of amides is 1. The summed E-state index contributed by atoms with van der Waals surface area (Å²) >= 11 is 0. The first-order chi connectivity index (χ1) is 7.57. The van der Waals surface area contributed by atoms with Crippen LogP contribution in [-0.4, -0.2) is 38.4 Å². The van der Waals surface area contributed by atoms with Crippen molar-refractivity contribution < 1.29 is 19.1 Å². The van der Waals surface area contributed by atoms with Crippen molar-refractivity contribution in [2.45, 2.75) is 6.92 Å². The highest BCUT2D eigenvalue weighted by atomic mass is 16.6. The maximum absolute atomic E-state index is 10.9. The minimum absolute atomic E-state index is 0.0344. The first-order valence-corrected chi connectivity index (χ1v) is 4.60. The van der Waals surface area contributed by atoms with Gasteiger partial charge in [-0.3, -0.25) is 0 Å². The second-order valence-corrected chi connectivity index (χ2v) is 2.83. The molecule has 0 aliphatic heterocycles. The van der Waals surface area contributed by atoms with Crippen LogP contribution >= 0.6 is 0 Å². The fraction of sp³-hybridized carbons (Fsp3) is 0.556. The molecule has 0 heterocycles. The molecule has 7 heteroatoms. The first-order valence-electron chi connectivity index (χ1n) is 4.60.